The van der Waals surface area contributed by atoms with Gasteiger partial charge in [0.05, 0.1) is 17.3 Å². The second kappa shape index (κ2) is 7.12. The van der Waals surface area contributed by atoms with Crippen LogP contribution in [-0.2, 0) is 26.1 Å². The van der Waals surface area contributed by atoms with Crippen LogP contribution in [-0.4, -0.2) is 48.6 Å². The van der Waals surface area contributed by atoms with Gasteiger partial charge in [-0.2, -0.15) is 23.3 Å². The van der Waals surface area contributed by atoms with E-state index < -0.39 is 17.9 Å². The number of alkyl halides is 4. The van der Waals surface area contributed by atoms with Crippen molar-refractivity contribution in [2.45, 2.75) is 38.5 Å². The van der Waals surface area contributed by atoms with Crippen LogP contribution in [0.2, 0.25) is 5.02 Å². The Morgan fingerprint density at radius 2 is 1.97 bits per heavy atom. The van der Waals surface area contributed by atoms with Crippen molar-refractivity contribution in [3.63, 3.8) is 0 Å². The number of rotatable bonds is 4. The number of hydrogen-bond donors (Lipinski definition) is 0. The lowest BCUT2D eigenvalue weighted by Crippen LogP contribution is -2.21. The van der Waals surface area contributed by atoms with E-state index in [2.05, 4.69) is 20.2 Å². The van der Waals surface area contributed by atoms with Crippen LogP contribution in [0.4, 0.5) is 23.5 Å². The lowest BCUT2D eigenvalue weighted by Gasteiger charge is -2.10. The molecule has 3 aromatic heterocycles. The van der Waals surface area contributed by atoms with E-state index in [1.54, 1.807) is 23.6 Å². The standard InChI is InChI=1S/C17H18ClF4N7/c1-9-12(18)7-11(17(20,21)22)15-23-13(25-29(9)15)3-4-14-24-16(26-27(14)2)28-6-5-10(19)8-28/h7,10H,3-6,8H2,1-2H3/t10-/m1/s1. The van der Waals surface area contributed by atoms with E-state index in [9.17, 15) is 17.6 Å². The summed E-state index contributed by atoms with van der Waals surface area (Å²) in [6.45, 7) is 2.40. The molecule has 156 valence electrons. The molecule has 0 unspecified atom stereocenters. The van der Waals surface area contributed by atoms with Gasteiger partial charge in [0.2, 0.25) is 5.95 Å². The van der Waals surface area contributed by atoms with Crippen LogP contribution in [0.25, 0.3) is 5.65 Å². The van der Waals surface area contributed by atoms with Crippen LogP contribution >= 0.6 is 11.6 Å². The molecular weight excluding hydrogens is 414 g/mol. The van der Waals surface area contributed by atoms with E-state index in [0.717, 1.165) is 10.6 Å². The van der Waals surface area contributed by atoms with Gasteiger partial charge in [0.1, 0.15) is 17.6 Å². The lowest BCUT2D eigenvalue weighted by molar-refractivity contribution is -0.136. The maximum atomic E-state index is 13.4. The lowest BCUT2D eigenvalue weighted by atomic mass is 10.2. The zero-order valence-electron chi connectivity index (χ0n) is 15.7. The third-order valence-corrected chi connectivity index (χ3v) is 5.34. The summed E-state index contributed by atoms with van der Waals surface area (Å²) in [5.41, 5.74) is -0.828. The molecule has 0 amide bonds. The van der Waals surface area contributed by atoms with Gasteiger partial charge in [-0.25, -0.2) is 13.9 Å². The predicted octanol–water partition coefficient (Wildman–Crippen LogP) is 3.17. The Kier molecular flexibility index (Phi) is 4.88. The Balaban J connectivity index is 1.58. The van der Waals surface area contributed by atoms with E-state index in [0.29, 0.717) is 36.9 Å². The molecule has 0 N–H and O–H groups in total. The largest absolute Gasteiger partial charge is 0.420 e. The fraction of sp³-hybridized carbons (Fsp3) is 0.529. The molecule has 3 aromatic rings. The molecule has 29 heavy (non-hydrogen) atoms. The molecule has 4 heterocycles. The monoisotopic (exact) mass is 431 g/mol. The van der Waals surface area contributed by atoms with Crippen LogP contribution in [0.1, 0.15) is 29.3 Å². The van der Waals surface area contributed by atoms with Gasteiger partial charge in [0.25, 0.3) is 0 Å². The second-order valence-corrected chi connectivity index (χ2v) is 7.44. The van der Waals surface area contributed by atoms with Crippen molar-refractivity contribution >= 4 is 23.2 Å². The van der Waals surface area contributed by atoms with E-state index in [1.807, 2.05) is 0 Å². The van der Waals surface area contributed by atoms with Gasteiger partial charge in [-0.15, -0.1) is 5.10 Å². The summed E-state index contributed by atoms with van der Waals surface area (Å²) >= 11 is 5.94. The summed E-state index contributed by atoms with van der Waals surface area (Å²) < 4.78 is 56.1. The normalized spacial score (nSPS) is 17.6. The van der Waals surface area contributed by atoms with Crippen molar-refractivity contribution in [3.8, 4) is 0 Å². The molecule has 1 saturated heterocycles. The number of nitrogens with zero attached hydrogens (tertiary/aromatic N) is 7. The second-order valence-electron chi connectivity index (χ2n) is 7.04. The Bertz CT molecular complexity index is 1060. The van der Waals surface area contributed by atoms with Crippen molar-refractivity contribution in [1.29, 1.82) is 0 Å². The van der Waals surface area contributed by atoms with Crippen LogP contribution in [0.3, 0.4) is 0 Å². The Morgan fingerprint density at radius 3 is 2.62 bits per heavy atom. The topological polar surface area (TPSA) is 64.1 Å². The Morgan fingerprint density at radius 1 is 1.21 bits per heavy atom. The van der Waals surface area contributed by atoms with Crippen LogP contribution in [0.5, 0.6) is 0 Å². The minimum absolute atomic E-state index is 0.0315. The predicted molar refractivity (Wildman–Crippen MR) is 97.9 cm³/mol. The Hall–Kier alpha value is -2.43. The van der Waals surface area contributed by atoms with Gasteiger partial charge >= 0.3 is 6.18 Å². The zero-order chi connectivity index (χ0) is 20.9. The van der Waals surface area contributed by atoms with Crippen LogP contribution in [0.15, 0.2) is 6.07 Å². The average molecular weight is 432 g/mol. The quantitative estimate of drug-likeness (QED) is 0.594. The van der Waals surface area contributed by atoms with Gasteiger partial charge in [-0.1, -0.05) is 11.6 Å². The third kappa shape index (κ3) is 3.75. The summed E-state index contributed by atoms with van der Waals surface area (Å²) in [5.74, 6) is 1.31. The fourth-order valence-corrected chi connectivity index (χ4v) is 3.54. The number of aryl methyl sites for hydroxylation is 4. The van der Waals surface area contributed by atoms with Crippen molar-refractivity contribution < 1.29 is 17.6 Å². The number of pyridine rings is 1. The first-order valence-electron chi connectivity index (χ1n) is 9.04. The molecule has 4 rings (SSSR count). The number of aromatic nitrogens is 6. The summed E-state index contributed by atoms with van der Waals surface area (Å²) in [7, 11) is 1.72. The molecule has 0 spiro atoms. The minimum Gasteiger partial charge on any atom is -0.337 e. The number of fused-ring (bicyclic) bond motifs is 1. The van der Waals surface area contributed by atoms with Gasteiger partial charge in [0.15, 0.2) is 11.5 Å². The van der Waals surface area contributed by atoms with Crippen molar-refractivity contribution in [2.24, 2.45) is 7.05 Å². The number of halogens is 5. The van der Waals surface area contributed by atoms with E-state index in [-0.39, 0.29) is 29.5 Å². The fourth-order valence-electron chi connectivity index (χ4n) is 3.35. The van der Waals surface area contributed by atoms with Crippen molar-refractivity contribution in [2.75, 3.05) is 18.0 Å². The highest BCUT2D eigenvalue weighted by molar-refractivity contribution is 6.31. The van der Waals surface area contributed by atoms with Crippen molar-refractivity contribution in [3.05, 3.63) is 34.0 Å². The smallest absolute Gasteiger partial charge is 0.337 e. The van der Waals surface area contributed by atoms with Gasteiger partial charge in [-0.05, 0) is 19.4 Å². The molecule has 1 aliphatic rings. The number of hydrogen-bond acceptors (Lipinski definition) is 5. The van der Waals surface area contributed by atoms with E-state index in [1.165, 1.54) is 0 Å². The first kappa shape index (κ1) is 19.9. The molecular formula is C17H18ClF4N7. The van der Waals surface area contributed by atoms with E-state index >= 15 is 0 Å². The molecule has 1 atom stereocenters. The summed E-state index contributed by atoms with van der Waals surface area (Å²) in [6.07, 6.45) is -4.38. The number of anilines is 1. The molecule has 1 fully saturated rings. The van der Waals surface area contributed by atoms with Gasteiger partial charge < -0.3 is 4.90 Å². The summed E-state index contributed by atoms with van der Waals surface area (Å²) in [5, 5.41) is 8.47. The molecule has 1 aliphatic heterocycles. The molecule has 0 aliphatic carbocycles. The first-order valence-corrected chi connectivity index (χ1v) is 9.42. The molecule has 0 saturated carbocycles. The van der Waals surface area contributed by atoms with E-state index in [4.69, 9.17) is 11.6 Å². The third-order valence-electron chi connectivity index (χ3n) is 4.96. The van der Waals surface area contributed by atoms with Crippen LogP contribution in [0, 0.1) is 6.92 Å². The molecule has 0 aromatic carbocycles. The molecule has 7 nitrogen and oxygen atoms in total. The molecule has 12 heteroatoms. The highest BCUT2D eigenvalue weighted by Crippen LogP contribution is 2.34. The highest BCUT2D eigenvalue weighted by atomic mass is 35.5. The molecule has 0 radical (unpaired) electrons. The van der Waals surface area contributed by atoms with Crippen molar-refractivity contribution in [1.82, 2.24) is 29.4 Å². The minimum atomic E-state index is -4.59. The highest BCUT2D eigenvalue weighted by Gasteiger charge is 2.35. The maximum absolute atomic E-state index is 13.4. The van der Waals surface area contributed by atoms with Gasteiger partial charge in [-0.3, -0.25) is 4.68 Å². The maximum Gasteiger partial charge on any atom is 0.420 e. The molecule has 0 bridgehead atoms. The summed E-state index contributed by atoms with van der Waals surface area (Å²) in [4.78, 5) is 10.3. The first-order chi connectivity index (χ1) is 13.6. The SMILES string of the molecule is Cc1c(Cl)cc(C(F)(F)F)c2nc(CCc3nc(N4CC[C@@H](F)C4)nn3C)nn12. The average Bonchev–Trinajstić information content (AvgIpc) is 3.34. The van der Waals surface area contributed by atoms with Crippen LogP contribution < -0.4 is 4.90 Å². The zero-order valence-corrected chi connectivity index (χ0v) is 16.5. The van der Waals surface area contributed by atoms with Gasteiger partial charge in [0, 0.05) is 26.4 Å². The Labute approximate surface area is 168 Å². The summed E-state index contributed by atoms with van der Waals surface area (Å²) in [6, 6.07) is 0.869.